The summed E-state index contributed by atoms with van der Waals surface area (Å²) in [5.41, 5.74) is 2.59. The van der Waals surface area contributed by atoms with Gasteiger partial charge in [-0.3, -0.25) is 0 Å². The Morgan fingerprint density at radius 2 is 2.05 bits per heavy atom. The highest BCUT2D eigenvalue weighted by Crippen LogP contribution is 2.29. The molecule has 0 saturated carbocycles. The van der Waals surface area contributed by atoms with Gasteiger partial charge >= 0.3 is 0 Å². The van der Waals surface area contributed by atoms with E-state index in [1.54, 1.807) is 29.1 Å². The van der Waals surface area contributed by atoms with E-state index in [0.717, 1.165) is 22.0 Å². The molecule has 0 fully saturated rings. The van der Waals surface area contributed by atoms with E-state index in [1.807, 2.05) is 12.4 Å². The van der Waals surface area contributed by atoms with Crippen molar-refractivity contribution < 1.29 is 4.39 Å². The number of H-pyrrole nitrogens is 1. The summed E-state index contributed by atoms with van der Waals surface area (Å²) in [6, 6.07) is 8.04. The van der Waals surface area contributed by atoms with E-state index in [0.29, 0.717) is 11.0 Å². The summed E-state index contributed by atoms with van der Waals surface area (Å²) in [6.45, 7) is 0. The Morgan fingerprint density at radius 1 is 1.14 bits per heavy atom. The SMILES string of the molecule is Fc1ccc2c(-c3cnn(-c4ccc(Cl)nn4)c3)c[nH]c2c1. The van der Waals surface area contributed by atoms with Crippen molar-refractivity contribution in [2.45, 2.75) is 0 Å². The Bertz CT molecular complexity index is 958. The summed E-state index contributed by atoms with van der Waals surface area (Å²) in [4.78, 5) is 3.06. The Balaban J connectivity index is 1.78. The molecular formula is C15H9ClFN5. The van der Waals surface area contributed by atoms with E-state index < -0.39 is 0 Å². The van der Waals surface area contributed by atoms with Crippen molar-refractivity contribution in [2.24, 2.45) is 0 Å². The van der Waals surface area contributed by atoms with Crippen LogP contribution < -0.4 is 0 Å². The predicted octanol–water partition coefficient (Wildman–Crippen LogP) is 3.60. The van der Waals surface area contributed by atoms with Crippen LogP contribution in [0.3, 0.4) is 0 Å². The smallest absolute Gasteiger partial charge is 0.175 e. The second-order valence-corrected chi connectivity index (χ2v) is 5.17. The van der Waals surface area contributed by atoms with Crippen LogP contribution >= 0.6 is 11.6 Å². The van der Waals surface area contributed by atoms with Crippen LogP contribution in [-0.2, 0) is 0 Å². The van der Waals surface area contributed by atoms with Gasteiger partial charge in [-0.2, -0.15) is 5.10 Å². The largest absolute Gasteiger partial charge is 0.360 e. The number of aromatic nitrogens is 5. The minimum atomic E-state index is -0.270. The van der Waals surface area contributed by atoms with Crippen LogP contribution in [0.4, 0.5) is 4.39 Å². The van der Waals surface area contributed by atoms with Gasteiger partial charge in [-0.1, -0.05) is 11.6 Å². The van der Waals surface area contributed by atoms with Gasteiger partial charge in [0.1, 0.15) is 5.82 Å². The van der Waals surface area contributed by atoms with Gasteiger partial charge in [0, 0.05) is 34.4 Å². The molecular weight excluding hydrogens is 305 g/mol. The molecule has 0 unspecified atom stereocenters. The van der Waals surface area contributed by atoms with Gasteiger partial charge in [0.15, 0.2) is 11.0 Å². The van der Waals surface area contributed by atoms with E-state index in [-0.39, 0.29) is 5.82 Å². The summed E-state index contributed by atoms with van der Waals surface area (Å²) < 4.78 is 14.9. The molecule has 4 rings (SSSR count). The van der Waals surface area contributed by atoms with Gasteiger partial charge in [0.05, 0.1) is 6.20 Å². The Labute approximate surface area is 129 Å². The summed E-state index contributed by atoms with van der Waals surface area (Å²) in [5.74, 6) is 0.301. The quantitative estimate of drug-likeness (QED) is 0.615. The van der Waals surface area contributed by atoms with Gasteiger partial charge in [0.2, 0.25) is 0 Å². The fourth-order valence-electron chi connectivity index (χ4n) is 2.36. The lowest BCUT2D eigenvalue weighted by Gasteiger charge is -1.98. The van der Waals surface area contributed by atoms with E-state index in [1.165, 1.54) is 12.1 Å². The summed E-state index contributed by atoms with van der Waals surface area (Å²) in [7, 11) is 0. The van der Waals surface area contributed by atoms with Gasteiger partial charge in [-0.25, -0.2) is 9.07 Å². The maximum atomic E-state index is 13.2. The van der Waals surface area contributed by atoms with Crippen LogP contribution in [0.25, 0.3) is 27.8 Å². The Kier molecular flexibility index (Phi) is 2.90. The minimum Gasteiger partial charge on any atom is -0.360 e. The molecule has 0 saturated heterocycles. The second-order valence-electron chi connectivity index (χ2n) is 4.78. The highest BCUT2D eigenvalue weighted by Gasteiger charge is 2.10. The molecule has 3 aromatic heterocycles. The number of nitrogens with one attached hydrogen (secondary N) is 1. The molecule has 0 bridgehead atoms. The summed E-state index contributed by atoms with van der Waals surface area (Å²) in [5, 5.41) is 13.3. The molecule has 4 aromatic rings. The van der Waals surface area contributed by atoms with Crippen LogP contribution in [0.2, 0.25) is 5.15 Å². The summed E-state index contributed by atoms with van der Waals surface area (Å²) >= 11 is 5.73. The van der Waals surface area contributed by atoms with Crippen molar-refractivity contribution in [1.29, 1.82) is 0 Å². The standard InChI is InChI=1S/C15H9ClFN5/c16-14-3-4-15(21-20-14)22-8-9(6-19-22)12-7-18-13-5-10(17)1-2-11(12)13/h1-8,18H. The first-order valence-electron chi connectivity index (χ1n) is 6.52. The molecule has 108 valence electrons. The van der Waals surface area contributed by atoms with E-state index >= 15 is 0 Å². The lowest BCUT2D eigenvalue weighted by atomic mass is 10.1. The first kappa shape index (κ1) is 13.0. The normalized spacial score (nSPS) is 11.2. The number of aromatic amines is 1. The van der Waals surface area contributed by atoms with Crippen molar-refractivity contribution in [3.05, 3.63) is 59.9 Å². The third-order valence-electron chi connectivity index (χ3n) is 3.39. The molecule has 7 heteroatoms. The second kappa shape index (κ2) is 4.92. The zero-order valence-electron chi connectivity index (χ0n) is 11.2. The first-order chi connectivity index (χ1) is 10.7. The number of nitrogens with zero attached hydrogens (tertiary/aromatic N) is 4. The molecule has 0 atom stereocenters. The van der Waals surface area contributed by atoms with Crippen molar-refractivity contribution in [1.82, 2.24) is 25.0 Å². The molecule has 3 heterocycles. The first-order valence-corrected chi connectivity index (χ1v) is 6.90. The van der Waals surface area contributed by atoms with Gasteiger partial charge in [0.25, 0.3) is 0 Å². The highest BCUT2D eigenvalue weighted by atomic mass is 35.5. The van der Waals surface area contributed by atoms with Crippen molar-refractivity contribution in [3.63, 3.8) is 0 Å². The Hall–Kier alpha value is -2.73. The van der Waals surface area contributed by atoms with Crippen LogP contribution in [0.5, 0.6) is 0 Å². The molecule has 0 radical (unpaired) electrons. The molecule has 0 amide bonds. The number of hydrogen-bond donors (Lipinski definition) is 1. The number of fused-ring (bicyclic) bond motifs is 1. The average Bonchev–Trinajstić information content (AvgIpc) is 3.13. The van der Waals surface area contributed by atoms with Crippen LogP contribution in [0, 0.1) is 5.82 Å². The van der Waals surface area contributed by atoms with Gasteiger partial charge < -0.3 is 4.98 Å². The number of rotatable bonds is 2. The third-order valence-corrected chi connectivity index (χ3v) is 3.59. The molecule has 5 nitrogen and oxygen atoms in total. The highest BCUT2D eigenvalue weighted by molar-refractivity contribution is 6.29. The molecule has 0 spiro atoms. The van der Waals surface area contributed by atoms with Crippen molar-refractivity contribution >= 4 is 22.5 Å². The molecule has 0 aliphatic heterocycles. The average molecular weight is 314 g/mol. The van der Waals surface area contributed by atoms with E-state index in [4.69, 9.17) is 11.6 Å². The zero-order valence-corrected chi connectivity index (χ0v) is 11.9. The van der Waals surface area contributed by atoms with Crippen molar-refractivity contribution in [3.8, 4) is 16.9 Å². The summed E-state index contributed by atoms with van der Waals surface area (Å²) in [6.07, 6.45) is 5.39. The van der Waals surface area contributed by atoms with Gasteiger partial charge in [-0.05, 0) is 30.3 Å². The zero-order chi connectivity index (χ0) is 15.1. The molecule has 0 aliphatic rings. The maximum Gasteiger partial charge on any atom is 0.175 e. The monoisotopic (exact) mass is 313 g/mol. The fraction of sp³-hybridized carbons (Fsp3) is 0. The molecule has 0 aliphatic carbocycles. The lowest BCUT2D eigenvalue weighted by Crippen LogP contribution is -1.98. The minimum absolute atomic E-state index is 0.270. The van der Waals surface area contributed by atoms with Crippen molar-refractivity contribution in [2.75, 3.05) is 0 Å². The van der Waals surface area contributed by atoms with Crippen LogP contribution in [-0.4, -0.2) is 25.0 Å². The number of halogens is 2. The maximum absolute atomic E-state index is 13.2. The van der Waals surface area contributed by atoms with Crippen LogP contribution in [0.15, 0.2) is 48.9 Å². The predicted molar refractivity (Wildman–Crippen MR) is 81.4 cm³/mol. The lowest BCUT2D eigenvalue weighted by molar-refractivity contribution is 0.629. The Morgan fingerprint density at radius 3 is 2.86 bits per heavy atom. The molecule has 1 N–H and O–H groups in total. The third kappa shape index (κ3) is 2.14. The topological polar surface area (TPSA) is 59.4 Å². The van der Waals surface area contributed by atoms with E-state index in [9.17, 15) is 4.39 Å². The molecule has 1 aromatic carbocycles. The fourth-order valence-corrected chi connectivity index (χ4v) is 2.46. The van der Waals surface area contributed by atoms with Gasteiger partial charge in [-0.15, -0.1) is 10.2 Å². The molecule has 22 heavy (non-hydrogen) atoms. The number of hydrogen-bond acceptors (Lipinski definition) is 3. The van der Waals surface area contributed by atoms with E-state index in [2.05, 4.69) is 20.3 Å². The van der Waals surface area contributed by atoms with Crippen LogP contribution in [0.1, 0.15) is 0 Å². The number of benzene rings is 1.